The number of benzene rings is 1. The molecule has 1 heterocycles. The summed E-state index contributed by atoms with van der Waals surface area (Å²) in [5, 5.41) is 9.93. The predicted molar refractivity (Wildman–Crippen MR) is 143 cm³/mol. The first-order chi connectivity index (χ1) is 15.8. The molecule has 2 fully saturated rings. The number of carbonyl (C=O) groups is 2. The fraction of sp³-hybridized carbons (Fsp3) is 0.704. The van der Waals surface area contributed by atoms with Gasteiger partial charge in [-0.2, -0.15) is 0 Å². The van der Waals surface area contributed by atoms with Crippen molar-refractivity contribution < 1.29 is 20.2 Å². The Balaban J connectivity index is 0.00000306. The SMILES string of the molecule is C[C@H]1CN(CCCN(C(=O)CCCC(N)=O)C2CCCCC2)CC[C@]1(C)c1cccc(O)c1.Cl.O. The molecule has 2 amide bonds. The molecular weight excluding hydrogens is 466 g/mol. The van der Waals surface area contributed by atoms with Gasteiger partial charge in [-0.1, -0.05) is 45.2 Å². The number of carbonyl (C=O) groups excluding carboxylic acids is 2. The molecule has 0 bridgehead atoms. The van der Waals surface area contributed by atoms with E-state index in [1.807, 2.05) is 12.1 Å². The van der Waals surface area contributed by atoms with Gasteiger partial charge in [-0.25, -0.2) is 0 Å². The van der Waals surface area contributed by atoms with Crippen LogP contribution in [0.4, 0.5) is 0 Å². The molecule has 2 aliphatic rings. The molecular formula is C27H46ClN3O4. The van der Waals surface area contributed by atoms with Gasteiger partial charge in [0.1, 0.15) is 5.75 Å². The highest BCUT2D eigenvalue weighted by atomic mass is 35.5. The van der Waals surface area contributed by atoms with Crippen LogP contribution < -0.4 is 5.73 Å². The molecule has 2 atom stereocenters. The highest BCUT2D eigenvalue weighted by Gasteiger charge is 2.38. The van der Waals surface area contributed by atoms with E-state index in [4.69, 9.17) is 5.73 Å². The van der Waals surface area contributed by atoms with Gasteiger partial charge >= 0.3 is 0 Å². The molecule has 1 saturated heterocycles. The van der Waals surface area contributed by atoms with Crippen molar-refractivity contribution in [1.29, 1.82) is 0 Å². The summed E-state index contributed by atoms with van der Waals surface area (Å²) in [7, 11) is 0. The van der Waals surface area contributed by atoms with Crippen LogP contribution in [0.5, 0.6) is 5.75 Å². The number of hydrogen-bond donors (Lipinski definition) is 2. The summed E-state index contributed by atoms with van der Waals surface area (Å²) in [4.78, 5) is 28.7. The lowest BCUT2D eigenvalue weighted by Gasteiger charge is -2.45. The first-order valence-corrected chi connectivity index (χ1v) is 12.9. The first kappa shape index (κ1) is 31.2. The molecule has 0 radical (unpaired) electrons. The summed E-state index contributed by atoms with van der Waals surface area (Å²) in [6.45, 7) is 8.49. The predicted octanol–water partition coefficient (Wildman–Crippen LogP) is 3.80. The molecule has 0 spiro atoms. The maximum atomic E-state index is 13.0. The van der Waals surface area contributed by atoms with Gasteiger partial charge in [0.15, 0.2) is 0 Å². The number of amides is 2. The monoisotopic (exact) mass is 511 g/mol. The Morgan fingerprint density at radius 2 is 1.89 bits per heavy atom. The second-order valence-electron chi connectivity index (χ2n) is 10.5. The van der Waals surface area contributed by atoms with E-state index < -0.39 is 0 Å². The molecule has 7 nitrogen and oxygen atoms in total. The van der Waals surface area contributed by atoms with Crippen molar-refractivity contribution in [2.75, 3.05) is 26.2 Å². The standard InChI is InChI=1S/C27H43N3O3.ClH.H2O/c1-21-20-29(18-15-27(21,2)22-9-6-12-24(31)19-22)16-8-17-30(23-10-4-3-5-11-23)26(33)14-7-13-25(28)32;;/h6,9,12,19,21,23,31H,3-5,7-8,10-11,13-18,20H2,1-2H3,(H2,28,32);1H;1H2/t21-,27-;;/m0../s1. The molecule has 1 saturated carbocycles. The fourth-order valence-corrected chi connectivity index (χ4v) is 5.74. The number of phenols is 1. The van der Waals surface area contributed by atoms with Gasteiger partial charge in [-0.3, -0.25) is 9.59 Å². The van der Waals surface area contributed by atoms with Gasteiger partial charge < -0.3 is 26.1 Å². The minimum atomic E-state index is -0.330. The average Bonchev–Trinajstić information content (AvgIpc) is 2.79. The lowest BCUT2D eigenvalue weighted by atomic mass is 9.68. The summed E-state index contributed by atoms with van der Waals surface area (Å²) >= 11 is 0. The van der Waals surface area contributed by atoms with E-state index in [1.165, 1.54) is 24.8 Å². The van der Waals surface area contributed by atoms with E-state index >= 15 is 0 Å². The molecule has 1 aliphatic heterocycles. The zero-order chi connectivity index (χ0) is 23.8. The van der Waals surface area contributed by atoms with Gasteiger partial charge in [0.2, 0.25) is 11.8 Å². The number of aromatic hydroxyl groups is 1. The van der Waals surface area contributed by atoms with E-state index in [2.05, 4.69) is 29.7 Å². The zero-order valence-electron chi connectivity index (χ0n) is 21.5. The van der Waals surface area contributed by atoms with Crippen LogP contribution in [0.3, 0.4) is 0 Å². The van der Waals surface area contributed by atoms with Crippen LogP contribution in [0.2, 0.25) is 0 Å². The Kier molecular flexibility index (Phi) is 13.1. The zero-order valence-corrected chi connectivity index (χ0v) is 22.3. The minimum absolute atomic E-state index is 0. The third-order valence-electron chi connectivity index (χ3n) is 8.10. The van der Waals surface area contributed by atoms with Crippen LogP contribution in [0.1, 0.15) is 83.6 Å². The van der Waals surface area contributed by atoms with Gasteiger partial charge in [-0.15, -0.1) is 12.4 Å². The summed E-state index contributed by atoms with van der Waals surface area (Å²) in [5.74, 6) is 0.681. The number of nitrogens with two attached hydrogens (primary N) is 1. The summed E-state index contributed by atoms with van der Waals surface area (Å²) in [5.41, 5.74) is 6.54. The lowest BCUT2D eigenvalue weighted by molar-refractivity contribution is -0.134. The van der Waals surface area contributed by atoms with Gasteiger partial charge in [0, 0.05) is 32.0 Å². The number of rotatable bonds is 10. The van der Waals surface area contributed by atoms with Gasteiger partial charge in [0.25, 0.3) is 0 Å². The summed E-state index contributed by atoms with van der Waals surface area (Å²) in [6, 6.07) is 8.08. The van der Waals surface area contributed by atoms with Crippen LogP contribution in [-0.4, -0.2) is 64.4 Å². The molecule has 200 valence electrons. The number of halogens is 1. The quantitative estimate of drug-likeness (QED) is 0.496. The largest absolute Gasteiger partial charge is 0.508 e. The molecule has 1 aliphatic carbocycles. The molecule has 35 heavy (non-hydrogen) atoms. The second kappa shape index (κ2) is 14.7. The molecule has 1 aromatic carbocycles. The van der Waals surface area contributed by atoms with Crippen molar-refractivity contribution in [3.8, 4) is 5.75 Å². The van der Waals surface area contributed by atoms with E-state index in [9.17, 15) is 14.7 Å². The second-order valence-corrected chi connectivity index (χ2v) is 10.5. The number of likely N-dealkylation sites (tertiary alicyclic amines) is 1. The number of hydrogen-bond acceptors (Lipinski definition) is 4. The van der Waals surface area contributed by atoms with E-state index in [0.717, 1.165) is 51.9 Å². The Bertz CT molecular complexity index is 802. The molecule has 0 unspecified atom stereocenters. The third kappa shape index (κ3) is 8.65. The van der Waals surface area contributed by atoms with Crippen LogP contribution in [0.25, 0.3) is 0 Å². The summed E-state index contributed by atoms with van der Waals surface area (Å²) < 4.78 is 0. The molecule has 3 rings (SSSR count). The van der Waals surface area contributed by atoms with Gasteiger partial charge in [-0.05, 0) is 74.2 Å². The number of piperidine rings is 1. The van der Waals surface area contributed by atoms with E-state index in [1.54, 1.807) is 6.07 Å². The van der Waals surface area contributed by atoms with Crippen molar-refractivity contribution in [3.05, 3.63) is 29.8 Å². The molecule has 8 heteroatoms. The maximum Gasteiger partial charge on any atom is 0.222 e. The van der Waals surface area contributed by atoms with Crippen molar-refractivity contribution in [2.45, 2.75) is 89.5 Å². The normalized spacial score (nSPS) is 23.1. The Hall–Kier alpha value is -1.83. The van der Waals surface area contributed by atoms with Gasteiger partial charge in [0.05, 0.1) is 0 Å². The smallest absolute Gasteiger partial charge is 0.222 e. The number of primary amides is 1. The molecule has 1 aromatic rings. The topological polar surface area (TPSA) is 118 Å². The fourth-order valence-electron chi connectivity index (χ4n) is 5.74. The van der Waals surface area contributed by atoms with E-state index in [-0.39, 0.29) is 41.5 Å². The maximum absolute atomic E-state index is 13.0. The number of phenolic OH excluding ortho intramolecular Hbond substituents is 1. The van der Waals surface area contributed by atoms with E-state index in [0.29, 0.717) is 30.6 Å². The Morgan fingerprint density at radius 1 is 1.17 bits per heavy atom. The highest BCUT2D eigenvalue weighted by Crippen LogP contribution is 2.40. The van der Waals surface area contributed by atoms with Crippen molar-refractivity contribution in [3.63, 3.8) is 0 Å². The molecule has 0 aromatic heterocycles. The average molecular weight is 512 g/mol. The van der Waals surface area contributed by atoms with Crippen LogP contribution >= 0.6 is 12.4 Å². The minimum Gasteiger partial charge on any atom is -0.508 e. The summed E-state index contributed by atoms with van der Waals surface area (Å²) in [6.07, 6.45) is 9.17. The van der Waals surface area contributed by atoms with Crippen molar-refractivity contribution in [1.82, 2.24) is 9.80 Å². The van der Waals surface area contributed by atoms with Crippen LogP contribution in [-0.2, 0) is 15.0 Å². The lowest BCUT2D eigenvalue weighted by Crippen LogP contribution is -2.48. The third-order valence-corrected chi connectivity index (χ3v) is 8.10. The molecule has 5 N–H and O–H groups in total. The Labute approximate surface area is 217 Å². The number of nitrogens with zero attached hydrogens (tertiary/aromatic N) is 2. The highest BCUT2D eigenvalue weighted by molar-refractivity contribution is 5.85. The first-order valence-electron chi connectivity index (χ1n) is 12.9. The van der Waals surface area contributed by atoms with Crippen LogP contribution in [0.15, 0.2) is 24.3 Å². The van der Waals surface area contributed by atoms with Crippen molar-refractivity contribution >= 4 is 24.2 Å². The Morgan fingerprint density at radius 3 is 2.51 bits per heavy atom. The van der Waals surface area contributed by atoms with Crippen molar-refractivity contribution in [2.24, 2.45) is 11.7 Å². The van der Waals surface area contributed by atoms with Crippen LogP contribution in [0, 0.1) is 5.92 Å².